The van der Waals surface area contributed by atoms with E-state index in [2.05, 4.69) is 31.8 Å². The molecule has 0 saturated carbocycles. The molecule has 0 fully saturated rings. The lowest BCUT2D eigenvalue weighted by Crippen LogP contribution is -2.27. The number of hydrogen-bond donors (Lipinski definition) is 0. The Hall–Kier alpha value is -1.56. The van der Waals surface area contributed by atoms with E-state index in [-0.39, 0.29) is 5.97 Å². The van der Waals surface area contributed by atoms with Gasteiger partial charge in [0.25, 0.3) is 0 Å². The predicted molar refractivity (Wildman–Crippen MR) is 93.7 cm³/mol. The van der Waals surface area contributed by atoms with Gasteiger partial charge in [-0.15, -0.1) is 0 Å². The zero-order chi connectivity index (χ0) is 17.5. The molecule has 5 nitrogen and oxygen atoms in total. The van der Waals surface area contributed by atoms with Gasteiger partial charge in [-0.2, -0.15) is 0 Å². The number of unbranched alkanes of at least 4 members (excludes halogenated alkanes) is 1. The maximum Gasteiger partial charge on any atom is 0.336 e. The highest BCUT2D eigenvalue weighted by molar-refractivity contribution is 6.76. The van der Waals surface area contributed by atoms with Crippen molar-refractivity contribution in [1.29, 1.82) is 0 Å². The van der Waals surface area contributed by atoms with Crippen LogP contribution in [0.3, 0.4) is 0 Å². The molecule has 0 bridgehead atoms. The van der Waals surface area contributed by atoms with Crippen LogP contribution in [0.4, 0.5) is 0 Å². The lowest BCUT2D eigenvalue weighted by molar-refractivity contribution is -0.147. The van der Waals surface area contributed by atoms with Gasteiger partial charge in [0, 0.05) is 27.4 Å². The molecule has 1 unspecified atom stereocenters. The van der Waals surface area contributed by atoms with E-state index in [1.807, 2.05) is 4.90 Å². The van der Waals surface area contributed by atoms with E-state index in [4.69, 9.17) is 9.47 Å². The summed E-state index contributed by atoms with van der Waals surface area (Å²) in [6, 6.07) is 1.20. The fourth-order valence-corrected chi connectivity index (χ4v) is 3.33. The Morgan fingerprint density at radius 1 is 1.26 bits per heavy atom. The predicted octanol–water partition coefficient (Wildman–Crippen LogP) is 2.82. The number of methoxy groups -OCH3 is 2. The highest BCUT2D eigenvalue weighted by Gasteiger charge is 2.35. The SMILES string of the molecule is COC(=O)C1=CN(CCC/C=C/C[Si](C)(C)C)CC1C(=O)OC. The molecule has 1 rings (SSSR count). The minimum atomic E-state index is -1.00. The monoisotopic (exact) mass is 339 g/mol. The summed E-state index contributed by atoms with van der Waals surface area (Å²) in [5.41, 5.74) is 0.383. The second kappa shape index (κ2) is 8.91. The topological polar surface area (TPSA) is 55.8 Å². The van der Waals surface area contributed by atoms with Gasteiger partial charge in [0.15, 0.2) is 0 Å². The van der Waals surface area contributed by atoms with E-state index in [0.29, 0.717) is 12.1 Å². The Morgan fingerprint density at radius 2 is 1.96 bits per heavy atom. The molecule has 1 atom stereocenters. The second-order valence-electron chi connectivity index (χ2n) is 7.03. The van der Waals surface area contributed by atoms with Crippen molar-refractivity contribution < 1.29 is 19.1 Å². The van der Waals surface area contributed by atoms with Gasteiger partial charge < -0.3 is 14.4 Å². The van der Waals surface area contributed by atoms with Gasteiger partial charge in [-0.1, -0.05) is 31.8 Å². The van der Waals surface area contributed by atoms with Crippen LogP contribution in [-0.2, 0) is 19.1 Å². The zero-order valence-corrected chi connectivity index (χ0v) is 15.9. The number of carbonyl (C=O) groups excluding carboxylic acids is 2. The molecule has 0 N–H and O–H groups in total. The van der Waals surface area contributed by atoms with Crippen molar-refractivity contribution in [3.05, 3.63) is 23.9 Å². The summed E-state index contributed by atoms with van der Waals surface area (Å²) in [5.74, 6) is -1.40. The summed E-state index contributed by atoms with van der Waals surface area (Å²) in [7, 11) is 1.66. The standard InChI is InChI=1S/C17H29NO4Si/c1-21-16(19)14-12-18(13-15(14)17(20)22-2)10-8-6-7-9-11-23(3,4)5/h7,9,12,15H,6,8,10-11,13H2,1-5H3/b9-7+. The van der Waals surface area contributed by atoms with Gasteiger partial charge in [0.1, 0.15) is 5.92 Å². The van der Waals surface area contributed by atoms with Gasteiger partial charge in [0.05, 0.1) is 19.8 Å². The first-order valence-electron chi connectivity index (χ1n) is 8.05. The van der Waals surface area contributed by atoms with Crippen LogP contribution in [0.15, 0.2) is 23.9 Å². The number of nitrogens with zero attached hydrogens (tertiary/aromatic N) is 1. The molecular weight excluding hydrogens is 310 g/mol. The smallest absolute Gasteiger partial charge is 0.336 e. The summed E-state index contributed by atoms with van der Waals surface area (Å²) in [5, 5.41) is 0. The van der Waals surface area contributed by atoms with E-state index in [9.17, 15) is 9.59 Å². The van der Waals surface area contributed by atoms with E-state index in [0.717, 1.165) is 19.4 Å². The maximum absolute atomic E-state index is 11.8. The summed E-state index contributed by atoms with van der Waals surface area (Å²) in [6.45, 7) is 8.36. The molecule has 0 radical (unpaired) electrons. The van der Waals surface area contributed by atoms with Crippen molar-refractivity contribution in [2.45, 2.75) is 38.5 Å². The lowest BCUT2D eigenvalue weighted by atomic mass is 10.0. The second-order valence-corrected chi connectivity index (χ2v) is 12.6. The highest BCUT2D eigenvalue weighted by Crippen LogP contribution is 2.24. The molecule has 1 heterocycles. The Kier molecular flexibility index (Phi) is 7.55. The lowest BCUT2D eigenvalue weighted by Gasteiger charge is -2.16. The largest absolute Gasteiger partial charge is 0.468 e. The van der Waals surface area contributed by atoms with Gasteiger partial charge in [-0.05, 0) is 18.9 Å². The van der Waals surface area contributed by atoms with Crippen molar-refractivity contribution in [3.63, 3.8) is 0 Å². The number of hydrogen-bond acceptors (Lipinski definition) is 5. The van der Waals surface area contributed by atoms with Crippen molar-refractivity contribution in [3.8, 4) is 0 Å². The Balaban J connectivity index is 2.47. The number of allylic oxidation sites excluding steroid dienone is 2. The number of rotatable bonds is 8. The molecule has 0 spiro atoms. The Bertz CT molecular complexity index is 479. The molecule has 0 aromatic rings. The number of esters is 2. The Morgan fingerprint density at radius 3 is 2.52 bits per heavy atom. The third kappa shape index (κ3) is 6.60. The molecule has 0 aliphatic carbocycles. The molecule has 0 aromatic carbocycles. The average Bonchev–Trinajstić information content (AvgIpc) is 2.92. The average molecular weight is 340 g/mol. The van der Waals surface area contributed by atoms with E-state index in [1.165, 1.54) is 20.3 Å². The molecule has 0 saturated heterocycles. The molecule has 23 heavy (non-hydrogen) atoms. The highest BCUT2D eigenvalue weighted by atomic mass is 28.3. The van der Waals surface area contributed by atoms with Gasteiger partial charge >= 0.3 is 11.9 Å². The Labute approximate surface area is 140 Å². The van der Waals surface area contributed by atoms with Gasteiger partial charge in [-0.3, -0.25) is 4.79 Å². The minimum absolute atomic E-state index is 0.383. The molecule has 6 heteroatoms. The van der Waals surface area contributed by atoms with Crippen molar-refractivity contribution in [1.82, 2.24) is 4.90 Å². The van der Waals surface area contributed by atoms with Crippen LogP contribution in [0.5, 0.6) is 0 Å². The number of carbonyl (C=O) groups is 2. The van der Waals surface area contributed by atoms with Crippen LogP contribution in [-0.4, -0.2) is 52.2 Å². The molecule has 1 aliphatic rings. The molecule has 0 amide bonds. The molecule has 130 valence electrons. The maximum atomic E-state index is 11.8. The van der Waals surface area contributed by atoms with Crippen molar-refractivity contribution in [2.24, 2.45) is 5.92 Å². The third-order valence-electron chi connectivity index (χ3n) is 3.73. The third-order valence-corrected chi connectivity index (χ3v) is 5.19. The van der Waals surface area contributed by atoms with Crippen molar-refractivity contribution >= 4 is 20.0 Å². The number of ether oxygens (including phenoxy) is 2. The quantitative estimate of drug-likeness (QED) is 0.295. The first kappa shape index (κ1) is 19.5. The van der Waals surface area contributed by atoms with Crippen LogP contribution >= 0.6 is 0 Å². The first-order chi connectivity index (χ1) is 10.8. The molecule has 0 aromatic heterocycles. The van der Waals surface area contributed by atoms with E-state index >= 15 is 0 Å². The fourth-order valence-electron chi connectivity index (χ4n) is 2.45. The van der Waals surface area contributed by atoms with Crippen LogP contribution < -0.4 is 0 Å². The molecule has 1 aliphatic heterocycles. The summed E-state index contributed by atoms with van der Waals surface area (Å²) in [6.07, 6.45) is 8.24. The van der Waals surface area contributed by atoms with E-state index in [1.54, 1.807) is 6.20 Å². The summed E-state index contributed by atoms with van der Waals surface area (Å²) >= 11 is 0. The van der Waals surface area contributed by atoms with Crippen LogP contribution in [0, 0.1) is 5.92 Å². The first-order valence-corrected chi connectivity index (χ1v) is 11.8. The summed E-state index contributed by atoms with van der Waals surface area (Å²) in [4.78, 5) is 25.6. The van der Waals surface area contributed by atoms with Gasteiger partial charge in [-0.25, -0.2) is 4.79 Å². The summed E-state index contributed by atoms with van der Waals surface area (Å²) < 4.78 is 9.52. The normalized spacial score (nSPS) is 18.2. The fraction of sp³-hybridized carbons (Fsp3) is 0.647. The van der Waals surface area contributed by atoms with E-state index < -0.39 is 20.0 Å². The van der Waals surface area contributed by atoms with Gasteiger partial charge in [0.2, 0.25) is 0 Å². The van der Waals surface area contributed by atoms with Crippen LogP contribution in [0.1, 0.15) is 12.8 Å². The molecular formula is C17H29NO4Si. The van der Waals surface area contributed by atoms with Crippen molar-refractivity contribution in [2.75, 3.05) is 27.3 Å². The zero-order valence-electron chi connectivity index (χ0n) is 14.9. The van der Waals surface area contributed by atoms with Crippen LogP contribution in [0.2, 0.25) is 25.7 Å². The minimum Gasteiger partial charge on any atom is -0.468 e. The van der Waals surface area contributed by atoms with Crippen LogP contribution in [0.25, 0.3) is 0 Å².